The summed E-state index contributed by atoms with van der Waals surface area (Å²) in [5.74, 6) is 0.669. The highest BCUT2D eigenvalue weighted by Gasteiger charge is 2.16. The van der Waals surface area contributed by atoms with Gasteiger partial charge in [0.1, 0.15) is 0 Å². The van der Waals surface area contributed by atoms with E-state index in [1.807, 2.05) is 43.3 Å². The van der Waals surface area contributed by atoms with E-state index < -0.39 is 10.0 Å². The number of nitrogens with one attached hydrogen (secondary N) is 1. The molecule has 0 aliphatic heterocycles. The maximum absolute atomic E-state index is 12.5. The van der Waals surface area contributed by atoms with Gasteiger partial charge in [0.25, 0.3) is 10.0 Å². The van der Waals surface area contributed by atoms with Crippen LogP contribution in [-0.4, -0.2) is 18.2 Å². The third kappa shape index (κ3) is 4.32. The van der Waals surface area contributed by atoms with E-state index in [1.54, 1.807) is 29.1 Å². The first kappa shape index (κ1) is 18.2. The molecule has 0 unspecified atom stereocenters. The number of aromatic nitrogens is 2. The van der Waals surface area contributed by atoms with Crippen molar-refractivity contribution in [3.05, 3.63) is 77.5 Å². The Labute approximate surface area is 154 Å². The molecule has 0 aliphatic rings. The van der Waals surface area contributed by atoms with Crippen molar-refractivity contribution in [2.45, 2.75) is 38.1 Å². The Bertz CT molecular complexity index is 973. The normalized spacial score (nSPS) is 11.7. The Morgan fingerprint density at radius 3 is 2.27 bits per heavy atom. The van der Waals surface area contributed by atoms with Crippen molar-refractivity contribution in [2.75, 3.05) is 4.72 Å². The van der Waals surface area contributed by atoms with Gasteiger partial charge in [-0.25, -0.2) is 8.42 Å². The van der Waals surface area contributed by atoms with Crippen molar-refractivity contribution in [1.82, 2.24) is 9.78 Å². The molecule has 0 atom stereocenters. The van der Waals surface area contributed by atoms with Crippen molar-refractivity contribution in [1.29, 1.82) is 0 Å². The van der Waals surface area contributed by atoms with Gasteiger partial charge in [-0.3, -0.25) is 9.40 Å². The summed E-state index contributed by atoms with van der Waals surface area (Å²) in [5.41, 5.74) is 3.41. The van der Waals surface area contributed by atoms with Gasteiger partial charge in [0.2, 0.25) is 0 Å². The molecule has 1 aromatic heterocycles. The second-order valence-electron chi connectivity index (χ2n) is 6.71. The molecule has 0 saturated heterocycles. The van der Waals surface area contributed by atoms with Crippen LogP contribution in [0.1, 0.15) is 36.5 Å². The summed E-state index contributed by atoms with van der Waals surface area (Å²) in [5, 5.41) is 4.31. The van der Waals surface area contributed by atoms with Gasteiger partial charge in [0.05, 0.1) is 11.4 Å². The zero-order valence-corrected chi connectivity index (χ0v) is 16.0. The zero-order chi connectivity index (χ0) is 18.7. The molecule has 0 spiro atoms. The molecule has 0 radical (unpaired) electrons. The summed E-state index contributed by atoms with van der Waals surface area (Å²) < 4.78 is 29.3. The highest BCUT2D eigenvalue weighted by molar-refractivity contribution is 7.92. The van der Waals surface area contributed by atoms with Gasteiger partial charge in [-0.1, -0.05) is 55.8 Å². The fourth-order valence-electron chi connectivity index (χ4n) is 2.61. The lowest BCUT2D eigenvalue weighted by Gasteiger charge is -2.08. The van der Waals surface area contributed by atoms with Crippen molar-refractivity contribution in [3.8, 4) is 0 Å². The molecule has 0 bridgehead atoms. The number of hydrogen-bond acceptors (Lipinski definition) is 3. The quantitative estimate of drug-likeness (QED) is 0.709. The van der Waals surface area contributed by atoms with Gasteiger partial charge >= 0.3 is 0 Å². The molecule has 2 aromatic carbocycles. The molecule has 0 fully saturated rings. The highest BCUT2D eigenvalue weighted by atomic mass is 32.2. The minimum atomic E-state index is -3.65. The molecule has 136 valence electrons. The van der Waals surface area contributed by atoms with Crippen LogP contribution in [0.15, 0.2) is 65.7 Å². The van der Waals surface area contributed by atoms with Crippen LogP contribution >= 0.6 is 0 Å². The molecule has 3 aromatic rings. The predicted octanol–water partition coefficient (Wildman–Crippen LogP) is 4.16. The first-order chi connectivity index (χ1) is 12.3. The Kier molecular flexibility index (Phi) is 5.13. The number of aryl methyl sites for hydroxylation is 1. The SMILES string of the molecule is Cc1ccc(Cn2ccc(NS(=O)(=O)c3ccc(C(C)C)cc3)n2)cc1. The van der Waals surface area contributed by atoms with E-state index in [1.165, 1.54) is 5.56 Å². The van der Waals surface area contributed by atoms with E-state index in [9.17, 15) is 8.42 Å². The summed E-state index contributed by atoms with van der Waals surface area (Å²) in [6, 6.07) is 16.8. The van der Waals surface area contributed by atoms with E-state index in [-0.39, 0.29) is 4.90 Å². The molecule has 6 heteroatoms. The smallest absolute Gasteiger partial charge is 0.263 e. The number of nitrogens with zero attached hydrogens (tertiary/aromatic N) is 2. The average Bonchev–Trinajstić information content (AvgIpc) is 3.03. The number of anilines is 1. The van der Waals surface area contributed by atoms with Gasteiger partial charge in [-0.05, 0) is 36.1 Å². The number of rotatable bonds is 6. The fourth-order valence-corrected chi connectivity index (χ4v) is 3.61. The lowest BCUT2D eigenvalue weighted by atomic mass is 10.0. The molecular formula is C20H23N3O2S. The van der Waals surface area contributed by atoms with Crippen LogP contribution < -0.4 is 4.72 Å². The lowest BCUT2D eigenvalue weighted by Crippen LogP contribution is -2.14. The van der Waals surface area contributed by atoms with Crippen LogP contribution in [0.5, 0.6) is 0 Å². The second-order valence-corrected chi connectivity index (χ2v) is 8.40. The fraction of sp³-hybridized carbons (Fsp3) is 0.250. The second kappa shape index (κ2) is 7.33. The number of benzene rings is 2. The van der Waals surface area contributed by atoms with Gasteiger partial charge in [0, 0.05) is 12.3 Å². The predicted molar refractivity (Wildman–Crippen MR) is 104 cm³/mol. The summed E-state index contributed by atoms with van der Waals surface area (Å²) >= 11 is 0. The third-order valence-electron chi connectivity index (χ3n) is 4.20. The van der Waals surface area contributed by atoms with Crippen LogP contribution in [0.3, 0.4) is 0 Å². The van der Waals surface area contributed by atoms with Crippen LogP contribution in [0.2, 0.25) is 0 Å². The van der Waals surface area contributed by atoms with Crippen molar-refractivity contribution >= 4 is 15.8 Å². The maximum Gasteiger partial charge on any atom is 0.263 e. The molecule has 0 amide bonds. The molecule has 1 N–H and O–H groups in total. The van der Waals surface area contributed by atoms with Gasteiger partial charge in [0.15, 0.2) is 5.82 Å². The first-order valence-electron chi connectivity index (χ1n) is 8.55. The van der Waals surface area contributed by atoms with E-state index in [0.717, 1.165) is 11.1 Å². The average molecular weight is 369 g/mol. The molecule has 5 nitrogen and oxygen atoms in total. The van der Waals surface area contributed by atoms with Crippen molar-refractivity contribution in [3.63, 3.8) is 0 Å². The van der Waals surface area contributed by atoms with Gasteiger partial charge in [-0.15, -0.1) is 0 Å². The van der Waals surface area contributed by atoms with E-state index >= 15 is 0 Å². The monoisotopic (exact) mass is 369 g/mol. The minimum Gasteiger partial charge on any atom is -0.266 e. The molecule has 0 saturated carbocycles. The Balaban J connectivity index is 1.72. The summed E-state index contributed by atoms with van der Waals surface area (Å²) in [4.78, 5) is 0.231. The van der Waals surface area contributed by atoms with Crippen LogP contribution in [0, 0.1) is 6.92 Å². The highest BCUT2D eigenvalue weighted by Crippen LogP contribution is 2.19. The topological polar surface area (TPSA) is 64.0 Å². The lowest BCUT2D eigenvalue weighted by molar-refractivity contribution is 0.600. The van der Waals surface area contributed by atoms with Gasteiger partial charge < -0.3 is 0 Å². The summed E-state index contributed by atoms with van der Waals surface area (Å²) in [6.07, 6.45) is 1.76. The Morgan fingerprint density at radius 1 is 1.00 bits per heavy atom. The maximum atomic E-state index is 12.5. The standard InChI is InChI=1S/C20H23N3O2S/c1-15(2)18-8-10-19(11-9-18)26(24,25)22-20-12-13-23(21-20)14-17-6-4-16(3)5-7-17/h4-13,15H,14H2,1-3H3,(H,21,22). The third-order valence-corrected chi connectivity index (χ3v) is 5.57. The van der Waals surface area contributed by atoms with Crippen molar-refractivity contribution in [2.24, 2.45) is 0 Å². The molecule has 1 heterocycles. The molecule has 26 heavy (non-hydrogen) atoms. The Hall–Kier alpha value is -2.60. The molecule has 0 aliphatic carbocycles. The summed E-state index contributed by atoms with van der Waals surface area (Å²) in [7, 11) is -3.65. The molecule has 3 rings (SSSR count). The van der Waals surface area contributed by atoms with E-state index in [2.05, 4.69) is 23.7 Å². The van der Waals surface area contributed by atoms with Crippen LogP contribution in [0.4, 0.5) is 5.82 Å². The Morgan fingerprint density at radius 2 is 1.65 bits per heavy atom. The van der Waals surface area contributed by atoms with Crippen LogP contribution in [0.25, 0.3) is 0 Å². The number of sulfonamides is 1. The van der Waals surface area contributed by atoms with E-state index in [0.29, 0.717) is 18.3 Å². The molecular weight excluding hydrogens is 346 g/mol. The minimum absolute atomic E-state index is 0.231. The first-order valence-corrected chi connectivity index (χ1v) is 10.0. The van der Waals surface area contributed by atoms with Crippen molar-refractivity contribution < 1.29 is 8.42 Å². The van der Waals surface area contributed by atoms with E-state index in [4.69, 9.17) is 0 Å². The largest absolute Gasteiger partial charge is 0.266 e. The number of hydrogen-bond donors (Lipinski definition) is 1. The van der Waals surface area contributed by atoms with Crippen LogP contribution in [-0.2, 0) is 16.6 Å². The summed E-state index contributed by atoms with van der Waals surface area (Å²) in [6.45, 7) is 6.77. The van der Waals surface area contributed by atoms with Gasteiger partial charge in [-0.2, -0.15) is 5.10 Å². The zero-order valence-electron chi connectivity index (χ0n) is 15.2.